The third-order valence-electron chi connectivity index (χ3n) is 4.46. The monoisotopic (exact) mass is 293 g/mol. The number of nitrogens with one attached hydrogen (secondary N) is 1. The molecule has 1 saturated heterocycles. The first-order chi connectivity index (χ1) is 10.3. The van der Waals surface area contributed by atoms with Gasteiger partial charge < -0.3 is 14.8 Å². The predicted octanol–water partition coefficient (Wildman–Crippen LogP) is 3.44. The highest BCUT2D eigenvalue weighted by molar-refractivity contribution is 5.38. The van der Waals surface area contributed by atoms with Crippen LogP contribution < -0.4 is 10.1 Å². The van der Waals surface area contributed by atoms with Gasteiger partial charge in [-0.25, -0.2) is 4.39 Å². The van der Waals surface area contributed by atoms with Gasteiger partial charge in [-0.3, -0.25) is 0 Å². The lowest BCUT2D eigenvalue weighted by molar-refractivity contribution is -0.0111. The van der Waals surface area contributed by atoms with Crippen LogP contribution in [0.4, 0.5) is 4.39 Å². The van der Waals surface area contributed by atoms with Gasteiger partial charge in [-0.05, 0) is 44.0 Å². The number of hydrogen-bond donors (Lipinski definition) is 1. The lowest BCUT2D eigenvalue weighted by atomic mass is 9.87. The molecule has 1 N–H and O–H groups in total. The van der Waals surface area contributed by atoms with E-state index in [9.17, 15) is 4.39 Å². The van der Waals surface area contributed by atoms with Crippen molar-refractivity contribution in [3.05, 3.63) is 29.6 Å². The van der Waals surface area contributed by atoms with Gasteiger partial charge in [0, 0.05) is 30.6 Å². The van der Waals surface area contributed by atoms with Gasteiger partial charge in [-0.2, -0.15) is 0 Å². The van der Waals surface area contributed by atoms with E-state index in [1.54, 1.807) is 12.1 Å². The van der Waals surface area contributed by atoms with E-state index in [1.165, 1.54) is 6.07 Å². The quantitative estimate of drug-likeness (QED) is 0.922. The number of fused-ring (bicyclic) bond motifs is 1. The summed E-state index contributed by atoms with van der Waals surface area (Å²) in [7, 11) is 0. The highest BCUT2D eigenvalue weighted by Gasteiger charge is 2.34. The zero-order valence-corrected chi connectivity index (χ0v) is 12.6. The number of benzene rings is 1. The van der Waals surface area contributed by atoms with Crippen LogP contribution in [0.15, 0.2) is 18.2 Å². The molecule has 3 rings (SSSR count). The molecular weight excluding hydrogens is 269 g/mol. The topological polar surface area (TPSA) is 30.5 Å². The summed E-state index contributed by atoms with van der Waals surface area (Å²) >= 11 is 0. The van der Waals surface area contributed by atoms with Crippen LogP contribution in [-0.2, 0) is 4.74 Å². The van der Waals surface area contributed by atoms with E-state index < -0.39 is 0 Å². The van der Waals surface area contributed by atoms with Crippen molar-refractivity contribution in [2.75, 3.05) is 19.8 Å². The van der Waals surface area contributed by atoms with Crippen LogP contribution in [0.5, 0.6) is 5.75 Å². The average molecular weight is 293 g/mol. The van der Waals surface area contributed by atoms with Gasteiger partial charge in [0.05, 0.1) is 6.61 Å². The lowest BCUT2D eigenvalue weighted by Crippen LogP contribution is -2.40. The van der Waals surface area contributed by atoms with Crippen LogP contribution >= 0.6 is 0 Å². The Bertz CT molecular complexity index is 474. The van der Waals surface area contributed by atoms with Crippen LogP contribution in [0, 0.1) is 11.7 Å². The Morgan fingerprint density at radius 1 is 1.38 bits per heavy atom. The molecule has 0 spiro atoms. The van der Waals surface area contributed by atoms with Crippen LogP contribution in [0.3, 0.4) is 0 Å². The first-order valence-corrected chi connectivity index (χ1v) is 8.05. The molecule has 0 aliphatic carbocycles. The molecule has 116 valence electrons. The Hall–Kier alpha value is -1.13. The second-order valence-electron chi connectivity index (χ2n) is 6.06. The van der Waals surface area contributed by atoms with Gasteiger partial charge in [-0.15, -0.1) is 0 Å². The second kappa shape index (κ2) is 6.75. The molecule has 4 heteroatoms. The first-order valence-electron chi connectivity index (χ1n) is 8.05. The Morgan fingerprint density at radius 3 is 3.05 bits per heavy atom. The predicted molar refractivity (Wildman–Crippen MR) is 80.0 cm³/mol. The molecular formula is C17H24FNO2. The van der Waals surface area contributed by atoms with Gasteiger partial charge in [0.15, 0.2) is 0 Å². The minimum Gasteiger partial charge on any atom is -0.490 e. The SMILES string of the molecule is CCCNC1CC(C2CCCOC2)Oc2ccc(F)cc21. The Morgan fingerprint density at radius 2 is 2.29 bits per heavy atom. The third kappa shape index (κ3) is 3.38. The van der Waals surface area contributed by atoms with Crippen LogP contribution in [-0.4, -0.2) is 25.9 Å². The molecule has 3 unspecified atom stereocenters. The summed E-state index contributed by atoms with van der Waals surface area (Å²) in [6, 6.07) is 5.03. The molecule has 0 bridgehead atoms. The lowest BCUT2D eigenvalue weighted by Gasteiger charge is -2.38. The van der Waals surface area contributed by atoms with Crippen molar-refractivity contribution < 1.29 is 13.9 Å². The molecule has 1 aromatic carbocycles. The molecule has 1 aromatic rings. The van der Waals surface area contributed by atoms with Crippen molar-refractivity contribution in [2.45, 2.75) is 44.8 Å². The number of rotatable bonds is 4. The Labute approximate surface area is 125 Å². The van der Waals surface area contributed by atoms with E-state index >= 15 is 0 Å². The first kappa shape index (κ1) is 14.8. The van der Waals surface area contributed by atoms with Gasteiger partial charge in [0.1, 0.15) is 17.7 Å². The Kier molecular flexibility index (Phi) is 4.76. The van der Waals surface area contributed by atoms with E-state index in [0.29, 0.717) is 5.92 Å². The van der Waals surface area contributed by atoms with Gasteiger partial charge >= 0.3 is 0 Å². The summed E-state index contributed by atoms with van der Waals surface area (Å²) in [4.78, 5) is 0. The molecule has 3 atom stereocenters. The van der Waals surface area contributed by atoms with Crippen molar-refractivity contribution in [3.8, 4) is 5.75 Å². The zero-order chi connectivity index (χ0) is 14.7. The molecule has 2 heterocycles. The van der Waals surface area contributed by atoms with Gasteiger partial charge in [0.2, 0.25) is 0 Å². The maximum atomic E-state index is 13.5. The largest absolute Gasteiger partial charge is 0.490 e. The van der Waals surface area contributed by atoms with Crippen molar-refractivity contribution in [1.29, 1.82) is 0 Å². The molecule has 0 amide bonds. The smallest absolute Gasteiger partial charge is 0.124 e. The number of halogens is 1. The molecule has 2 aliphatic rings. The van der Waals surface area contributed by atoms with Gasteiger partial charge in [-0.1, -0.05) is 6.92 Å². The highest BCUT2D eigenvalue weighted by atomic mass is 19.1. The normalized spacial score (nSPS) is 28.8. The van der Waals surface area contributed by atoms with Crippen LogP contribution in [0.1, 0.15) is 44.2 Å². The maximum Gasteiger partial charge on any atom is 0.124 e. The van der Waals surface area contributed by atoms with E-state index in [4.69, 9.17) is 9.47 Å². The summed E-state index contributed by atoms with van der Waals surface area (Å²) < 4.78 is 25.3. The fourth-order valence-corrected chi connectivity index (χ4v) is 3.33. The fraction of sp³-hybridized carbons (Fsp3) is 0.647. The summed E-state index contributed by atoms with van der Waals surface area (Å²) in [5, 5.41) is 3.54. The molecule has 0 saturated carbocycles. The minimum absolute atomic E-state index is 0.164. The summed E-state index contributed by atoms with van der Waals surface area (Å²) in [5.41, 5.74) is 0.955. The average Bonchev–Trinajstić information content (AvgIpc) is 2.53. The summed E-state index contributed by atoms with van der Waals surface area (Å²) in [6.07, 6.45) is 4.39. The summed E-state index contributed by atoms with van der Waals surface area (Å²) in [5.74, 6) is 1.08. The van der Waals surface area contributed by atoms with E-state index in [0.717, 1.165) is 56.8 Å². The molecule has 1 fully saturated rings. The molecule has 0 radical (unpaired) electrons. The van der Waals surface area contributed by atoms with Gasteiger partial charge in [0.25, 0.3) is 0 Å². The maximum absolute atomic E-state index is 13.5. The van der Waals surface area contributed by atoms with E-state index in [1.807, 2.05) is 0 Å². The van der Waals surface area contributed by atoms with Crippen LogP contribution in [0.25, 0.3) is 0 Å². The Balaban J connectivity index is 1.80. The number of ether oxygens (including phenoxy) is 2. The van der Waals surface area contributed by atoms with Crippen molar-refractivity contribution in [3.63, 3.8) is 0 Å². The van der Waals surface area contributed by atoms with Crippen molar-refractivity contribution in [2.24, 2.45) is 5.92 Å². The minimum atomic E-state index is -0.194. The molecule has 21 heavy (non-hydrogen) atoms. The second-order valence-corrected chi connectivity index (χ2v) is 6.06. The number of hydrogen-bond acceptors (Lipinski definition) is 3. The van der Waals surface area contributed by atoms with Crippen molar-refractivity contribution >= 4 is 0 Å². The standard InChI is InChI=1S/C17H24FNO2/c1-2-7-19-15-10-17(12-4-3-8-20-11-12)21-16-6-5-13(18)9-14(15)16/h5-6,9,12,15,17,19H,2-4,7-8,10-11H2,1H3. The highest BCUT2D eigenvalue weighted by Crippen LogP contribution is 2.38. The molecule has 2 aliphatic heterocycles. The fourth-order valence-electron chi connectivity index (χ4n) is 3.33. The third-order valence-corrected chi connectivity index (χ3v) is 4.46. The van der Waals surface area contributed by atoms with Crippen molar-refractivity contribution in [1.82, 2.24) is 5.32 Å². The van der Waals surface area contributed by atoms with E-state index in [2.05, 4.69) is 12.2 Å². The molecule has 0 aromatic heterocycles. The summed E-state index contributed by atoms with van der Waals surface area (Å²) in [6.45, 7) is 4.73. The van der Waals surface area contributed by atoms with E-state index in [-0.39, 0.29) is 18.0 Å². The zero-order valence-electron chi connectivity index (χ0n) is 12.6. The molecule has 3 nitrogen and oxygen atoms in total. The van der Waals surface area contributed by atoms with Crippen LogP contribution in [0.2, 0.25) is 0 Å².